The van der Waals surface area contributed by atoms with Crippen molar-refractivity contribution in [2.75, 3.05) is 13.1 Å². The van der Waals surface area contributed by atoms with Crippen molar-refractivity contribution in [3.05, 3.63) is 113 Å². The van der Waals surface area contributed by atoms with Crippen molar-refractivity contribution in [2.45, 2.75) is 39.5 Å². The zero-order valence-electron chi connectivity index (χ0n) is 24.2. The number of nitrogens with one attached hydrogen (secondary N) is 4. The van der Waals surface area contributed by atoms with Gasteiger partial charge < -0.3 is 15.6 Å². The molecular formula is C35H40N6. The predicted octanol–water partition coefficient (Wildman–Crippen LogP) is 5.94. The summed E-state index contributed by atoms with van der Waals surface area (Å²) in [4.78, 5) is 8.14. The van der Waals surface area contributed by atoms with E-state index >= 15 is 0 Å². The Morgan fingerprint density at radius 1 is 1.22 bits per heavy atom. The van der Waals surface area contributed by atoms with Gasteiger partial charge in [-0.2, -0.15) is 5.10 Å². The Bertz CT molecular complexity index is 1710. The number of rotatable bonds is 10. The molecule has 0 amide bonds. The normalized spacial score (nSPS) is 17.4. The van der Waals surface area contributed by atoms with Crippen LogP contribution in [0, 0.1) is 5.92 Å². The van der Waals surface area contributed by atoms with Gasteiger partial charge in [-0.1, -0.05) is 50.1 Å². The Hall–Kier alpha value is -4.42. The Balaban J connectivity index is 1.34. The standard InChI is InChI=1S/C35H40N6/c1-6-27(21-29(7-2)38-24(4)20-26-14-17-36-18-15-26)23(3)12-13-31-25(5)34(41-40-31)33-22-30-32(39-33)16-19-37-35(30)28-10-8-9-11-28/h6-8,10-13,16,19,21-22,26,36,38-40H,2,4-5,9,14-15,17-18,20H2,1,3H3/b23-12+,27-6+,29-21+,31-13+. The van der Waals surface area contributed by atoms with Crippen LogP contribution in [-0.2, 0) is 0 Å². The molecule has 0 radical (unpaired) electrons. The van der Waals surface area contributed by atoms with Crippen molar-refractivity contribution in [2.24, 2.45) is 5.92 Å². The lowest BCUT2D eigenvalue weighted by Gasteiger charge is -2.24. The van der Waals surface area contributed by atoms with Gasteiger partial charge in [-0.15, -0.1) is 0 Å². The Morgan fingerprint density at radius 2 is 2.05 bits per heavy atom. The maximum Gasteiger partial charge on any atom is 0.116 e. The number of aromatic amines is 2. The third-order valence-electron chi connectivity index (χ3n) is 7.86. The SMILES string of the molecule is C=C\C(=C/C(=C\C)C(/C)=C/C=c1/[nH]nc(-c2cc3c(C4=CCC=C4)nccc3[nH]2)c1=C)NC(=C)CC1CCNCC1. The Morgan fingerprint density at radius 3 is 2.78 bits per heavy atom. The fourth-order valence-electron chi connectivity index (χ4n) is 5.52. The fourth-order valence-corrected chi connectivity index (χ4v) is 5.52. The van der Waals surface area contributed by atoms with E-state index in [0.717, 1.165) is 92.6 Å². The highest BCUT2D eigenvalue weighted by molar-refractivity contribution is 5.96. The number of nitrogens with zero attached hydrogens (tertiary/aromatic N) is 2. The van der Waals surface area contributed by atoms with E-state index in [4.69, 9.17) is 0 Å². The summed E-state index contributed by atoms with van der Waals surface area (Å²) in [5, 5.41) is 17.5. The molecule has 1 saturated heterocycles. The minimum Gasteiger partial charge on any atom is -0.359 e. The zero-order valence-corrected chi connectivity index (χ0v) is 24.2. The van der Waals surface area contributed by atoms with Gasteiger partial charge in [0, 0.05) is 33.7 Å². The molecule has 1 aliphatic carbocycles. The quantitative estimate of drug-likeness (QED) is 0.238. The zero-order chi connectivity index (χ0) is 28.8. The minimum absolute atomic E-state index is 0.681. The number of fused-ring (bicyclic) bond motifs is 1. The average molecular weight is 545 g/mol. The van der Waals surface area contributed by atoms with Crippen LogP contribution in [0.2, 0.25) is 0 Å². The molecule has 0 bridgehead atoms. The van der Waals surface area contributed by atoms with Crippen LogP contribution in [0.4, 0.5) is 0 Å². The maximum absolute atomic E-state index is 4.64. The molecule has 5 rings (SSSR count). The van der Waals surface area contributed by atoms with E-state index in [2.05, 4.69) is 100.0 Å². The molecule has 6 nitrogen and oxygen atoms in total. The van der Waals surface area contributed by atoms with E-state index < -0.39 is 0 Å². The second-order valence-electron chi connectivity index (χ2n) is 10.8. The highest BCUT2D eigenvalue weighted by Gasteiger charge is 2.15. The first-order chi connectivity index (χ1) is 20.0. The number of piperidine rings is 1. The second-order valence-corrected chi connectivity index (χ2v) is 10.8. The summed E-state index contributed by atoms with van der Waals surface area (Å²) in [6.45, 7) is 19.0. The van der Waals surface area contributed by atoms with Crippen LogP contribution in [0.15, 0.2) is 96.6 Å². The van der Waals surface area contributed by atoms with Crippen LogP contribution in [0.5, 0.6) is 0 Å². The number of pyridine rings is 1. The molecule has 0 aromatic carbocycles. The highest BCUT2D eigenvalue weighted by atomic mass is 15.1. The summed E-state index contributed by atoms with van der Waals surface area (Å²) in [7, 11) is 0. The average Bonchev–Trinajstić information content (AvgIpc) is 3.74. The third kappa shape index (κ3) is 6.50. The van der Waals surface area contributed by atoms with Gasteiger partial charge in [-0.25, -0.2) is 0 Å². The molecule has 3 aromatic heterocycles. The molecular weight excluding hydrogens is 504 g/mol. The molecule has 0 saturated carbocycles. The smallest absolute Gasteiger partial charge is 0.116 e. The van der Waals surface area contributed by atoms with Crippen molar-refractivity contribution in [1.82, 2.24) is 30.8 Å². The van der Waals surface area contributed by atoms with E-state index in [1.807, 2.05) is 31.3 Å². The molecule has 1 fully saturated rings. The van der Waals surface area contributed by atoms with Gasteiger partial charge >= 0.3 is 0 Å². The van der Waals surface area contributed by atoms with Gasteiger partial charge in [0.1, 0.15) is 5.69 Å². The number of aromatic nitrogens is 4. The number of allylic oxidation sites excluding steroid dienone is 11. The van der Waals surface area contributed by atoms with E-state index in [9.17, 15) is 0 Å². The van der Waals surface area contributed by atoms with E-state index in [1.54, 1.807) is 0 Å². The molecule has 41 heavy (non-hydrogen) atoms. The highest BCUT2D eigenvalue weighted by Crippen LogP contribution is 2.29. The molecule has 3 aromatic rings. The van der Waals surface area contributed by atoms with Gasteiger partial charge in [-0.05, 0) is 106 Å². The summed E-state index contributed by atoms with van der Waals surface area (Å²) in [5.41, 5.74) is 9.10. The molecule has 0 unspecified atom stereocenters. The first kappa shape index (κ1) is 28.1. The Kier molecular flexibility index (Phi) is 8.80. The lowest BCUT2D eigenvalue weighted by atomic mass is 9.93. The van der Waals surface area contributed by atoms with Crippen molar-refractivity contribution < 1.29 is 0 Å². The van der Waals surface area contributed by atoms with Crippen molar-refractivity contribution in [3.63, 3.8) is 0 Å². The van der Waals surface area contributed by atoms with E-state index in [-0.39, 0.29) is 0 Å². The molecule has 4 N–H and O–H groups in total. The molecule has 210 valence electrons. The van der Waals surface area contributed by atoms with Crippen molar-refractivity contribution in [3.8, 4) is 11.4 Å². The minimum atomic E-state index is 0.681. The van der Waals surface area contributed by atoms with Gasteiger partial charge in [0.25, 0.3) is 0 Å². The number of hydrogen-bond acceptors (Lipinski definition) is 4. The topological polar surface area (TPSA) is 81.4 Å². The van der Waals surface area contributed by atoms with Crippen LogP contribution in [0.1, 0.15) is 45.2 Å². The molecule has 1 aliphatic heterocycles. The lowest BCUT2D eigenvalue weighted by molar-refractivity contribution is 0.368. The number of hydrogen-bond donors (Lipinski definition) is 4. The fraction of sp³-hybridized carbons (Fsp3) is 0.257. The van der Waals surface area contributed by atoms with Crippen LogP contribution in [0.25, 0.3) is 40.5 Å². The monoisotopic (exact) mass is 544 g/mol. The van der Waals surface area contributed by atoms with Crippen LogP contribution < -0.4 is 21.2 Å². The number of H-pyrrole nitrogens is 2. The van der Waals surface area contributed by atoms with Gasteiger partial charge in [-0.3, -0.25) is 10.1 Å². The lowest BCUT2D eigenvalue weighted by Crippen LogP contribution is -2.28. The third-order valence-corrected chi connectivity index (χ3v) is 7.86. The summed E-state index contributed by atoms with van der Waals surface area (Å²) in [5.74, 6) is 0.681. The van der Waals surface area contributed by atoms with Crippen LogP contribution in [0.3, 0.4) is 0 Å². The molecule has 4 heterocycles. The van der Waals surface area contributed by atoms with Gasteiger partial charge in [0.2, 0.25) is 0 Å². The summed E-state index contributed by atoms with van der Waals surface area (Å²) in [6, 6.07) is 4.11. The first-order valence-electron chi connectivity index (χ1n) is 14.4. The van der Waals surface area contributed by atoms with Crippen molar-refractivity contribution >= 4 is 29.1 Å². The molecule has 0 spiro atoms. The summed E-state index contributed by atoms with van der Waals surface area (Å²) >= 11 is 0. The Labute approximate surface area is 242 Å². The van der Waals surface area contributed by atoms with Crippen LogP contribution in [-0.4, -0.2) is 33.3 Å². The first-order valence-corrected chi connectivity index (χ1v) is 14.4. The van der Waals surface area contributed by atoms with E-state index in [0.29, 0.717) is 5.92 Å². The van der Waals surface area contributed by atoms with Crippen LogP contribution >= 0.6 is 0 Å². The van der Waals surface area contributed by atoms with Gasteiger partial charge in [0.05, 0.1) is 16.7 Å². The van der Waals surface area contributed by atoms with Gasteiger partial charge in [0.15, 0.2) is 0 Å². The molecule has 2 aliphatic rings. The largest absolute Gasteiger partial charge is 0.359 e. The predicted molar refractivity (Wildman–Crippen MR) is 173 cm³/mol. The summed E-state index contributed by atoms with van der Waals surface area (Å²) in [6.07, 6.45) is 22.9. The van der Waals surface area contributed by atoms with Crippen molar-refractivity contribution in [1.29, 1.82) is 0 Å². The molecule has 6 heteroatoms. The summed E-state index contributed by atoms with van der Waals surface area (Å²) < 4.78 is 0. The maximum atomic E-state index is 4.64. The molecule has 0 atom stereocenters. The second kappa shape index (κ2) is 12.8. The van der Waals surface area contributed by atoms with E-state index in [1.165, 1.54) is 12.8 Å².